The summed E-state index contributed by atoms with van der Waals surface area (Å²) in [6.07, 6.45) is 0. The Bertz CT molecular complexity index is 502. The van der Waals surface area contributed by atoms with Crippen LogP contribution in [0.25, 0.3) is 0 Å². The fourth-order valence-electron chi connectivity index (χ4n) is 1.71. The van der Waals surface area contributed by atoms with E-state index < -0.39 is 0 Å². The highest BCUT2D eigenvalue weighted by atomic mass is 79.9. The molecular weight excluding hydrogens is 332 g/mol. The Morgan fingerprint density at radius 2 is 1.95 bits per heavy atom. The van der Waals surface area contributed by atoms with Gasteiger partial charge in [-0.1, -0.05) is 34.1 Å². The molecule has 1 rings (SSSR count). The molecule has 0 saturated carbocycles. The van der Waals surface area contributed by atoms with E-state index in [4.69, 9.17) is 0 Å². The van der Waals surface area contributed by atoms with Crippen molar-refractivity contribution in [2.24, 2.45) is 4.99 Å². The monoisotopic (exact) mass is 354 g/mol. The van der Waals surface area contributed by atoms with E-state index in [1.807, 2.05) is 37.1 Å². The molecule has 1 aromatic carbocycles. The number of benzene rings is 1. The second-order valence-electron chi connectivity index (χ2n) is 4.91. The van der Waals surface area contributed by atoms with Crippen LogP contribution in [0.2, 0.25) is 0 Å². The second-order valence-corrected chi connectivity index (χ2v) is 5.76. The van der Waals surface area contributed by atoms with E-state index in [9.17, 15) is 4.79 Å². The van der Waals surface area contributed by atoms with Crippen LogP contribution in [0.5, 0.6) is 0 Å². The first-order chi connectivity index (χ1) is 9.95. The van der Waals surface area contributed by atoms with Crippen molar-refractivity contribution < 1.29 is 4.79 Å². The maximum absolute atomic E-state index is 11.7. The third-order valence-corrected chi connectivity index (χ3v) is 3.70. The molecule has 0 aliphatic carbocycles. The molecule has 21 heavy (non-hydrogen) atoms. The number of halogens is 1. The summed E-state index contributed by atoms with van der Waals surface area (Å²) in [7, 11) is 5.42. The first-order valence-corrected chi connectivity index (χ1v) is 7.68. The van der Waals surface area contributed by atoms with Crippen LogP contribution in [0.3, 0.4) is 0 Å². The van der Waals surface area contributed by atoms with E-state index in [0.717, 1.165) is 17.0 Å². The van der Waals surface area contributed by atoms with E-state index in [1.165, 1.54) is 5.56 Å². The van der Waals surface area contributed by atoms with Crippen molar-refractivity contribution in [3.63, 3.8) is 0 Å². The molecule has 6 heteroatoms. The van der Waals surface area contributed by atoms with Crippen molar-refractivity contribution in [2.45, 2.75) is 13.5 Å². The topological polar surface area (TPSA) is 47.9 Å². The van der Waals surface area contributed by atoms with Crippen LogP contribution in [0.1, 0.15) is 12.5 Å². The van der Waals surface area contributed by atoms with Gasteiger partial charge in [-0.15, -0.1) is 0 Å². The van der Waals surface area contributed by atoms with Gasteiger partial charge >= 0.3 is 0 Å². The number of nitrogens with one attached hydrogen (secondary N) is 1. The number of guanidine groups is 1. The Morgan fingerprint density at radius 1 is 1.29 bits per heavy atom. The number of carbonyl (C=O) groups is 1. The van der Waals surface area contributed by atoms with Gasteiger partial charge in [0, 0.05) is 38.7 Å². The minimum atomic E-state index is -0.0142. The van der Waals surface area contributed by atoms with Gasteiger partial charge in [-0.25, -0.2) is 4.99 Å². The number of rotatable bonds is 5. The molecule has 0 aromatic heterocycles. The lowest BCUT2D eigenvalue weighted by Crippen LogP contribution is -2.39. The summed E-state index contributed by atoms with van der Waals surface area (Å²) in [6.45, 7) is 3.63. The molecule has 0 saturated heterocycles. The summed E-state index contributed by atoms with van der Waals surface area (Å²) in [5.41, 5.74) is 1.17. The normalized spacial score (nSPS) is 11.2. The summed E-state index contributed by atoms with van der Waals surface area (Å²) in [5, 5.41) is 3.21. The third kappa shape index (κ3) is 5.75. The summed E-state index contributed by atoms with van der Waals surface area (Å²) < 4.78 is 1.07. The van der Waals surface area contributed by atoms with Gasteiger partial charge in [-0.3, -0.25) is 4.79 Å². The SMILES string of the molecule is CCNC(=NCC(=O)N(C)C)N(C)Cc1ccccc1Br. The molecule has 0 radical (unpaired) electrons. The van der Waals surface area contributed by atoms with Crippen molar-refractivity contribution in [1.82, 2.24) is 15.1 Å². The van der Waals surface area contributed by atoms with Crippen LogP contribution in [-0.4, -0.2) is 55.9 Å². The van der Waals surface area contributed by atoms with Gasteiger partial charge in [-0.2, -0.15) is 0 Å². The molecule has 1 amide bonds. The predicted octanol–water partition coefficient (Wildman–Crippen LogP) is 1.93. The highest BCUT2D eigenvalue weighted by Crippen LogP contribution is 2.17. The molecule has 0 spiro atoms. The average molecular weight is 355 g/mol. The minimum Gasteiger partial charge on any atom is -0.357 e. The van der Waals surface area contributed by atoms with Gasteiger partial charge in [0.15, 0.2) is 5.96 Å². The molecule has 0 atom stereocenters. The highest BCUT2D eigenvalue weighted by Gasteiger charge is 2.10. The Morgan fingerprint density at radius 3 is 2.52 bits per heavy atom. The second kappa shape index (κ2) is 8.67. The fraction of sp³-hybridized carbons (Fsp3) is 0.467. The van der Waals surface area contributed by atoms with Crippen molar-refractivity contribution >= 4 is 27.8 Å². The number of amides is 1. The van der Waals surface area contributed by atoms with Gasteiger partial charge in [0.05, 0.1) is 0 Å². The van der Waals surface area contributed by atoms with E-state index in [0.29, 0.717) is 6.54 Å². The fourth-order valence-corrected chi connectivity index (χ4v) is 2.12. The zero-order valence-corrected chi connectivity index (χ0v) is 14.6. The number of aliphatic imine (C=N–C) groups is 1. The molecule has 116 valence electrons. The van der Waals surface area contributed by atoms with Crippen molar-refractivity contribution in [3.8, 4) is 0 Å². The third-order valence-electron chi connectivity index (χ3n) is 2.92. The molecule has 1 N–H and O–H groups in total. The molecule has 0 fully saturated rings. The number of carbonyl (C=O) groups excluding carboxylic acids is 1. The highest BCUT2D eigenvalue weighted by molar-refractivity contribution is 9.10. The molecule has 0 aliphatic heterocycles. The predicted molar refractivity (Wildman–Crippen MR) is 90.3 cm³/mol. The number of nitrogens with zero attached hydrogens (tertiary/aromatic N) is 3. The molecule has 0 heterocycles. The zero-order valence-electron chi connectivity index (χ0n) is 13.1. The van der Waals surface area contributed by atoms with E-state index in [2.05, 4.69) is 32.3 Å². The van der Waals surface area contributed by atoms with Gasteiger partial charge in [-0.05, 0) is 18.6 Å². The molecule has 0 aliphatic rings. The van der Waals surface area contributed by atoms with Crippen LogP contribution in [0.4, 0.5) is 0 Å². The Hall–Kier alpha value is -1.56. The van der Waals surface area contributed by atoms with E-state index in [-0.39, 0.29) is 12.5 Å². The molecular formula is C15H23BrN4O. The lowest BCUT2D eigenvalue weighted by Gasteiger charge is -2.23. The molecule has 1 aromatic rings. The molecule has 5 nitrogen and oxygen atoms in total. The van der Waals surface area contributed by atoms with Gasteiger partial charge < -0.3 is 15.1 Å². The van der Waals surface area contributed by atoms with E-state index >= 15 is 0 Å². The van der Waals surface area contributed by atoms with Crippen molar-refractivity contribution in [1.29, 1.82) is 0 Å². The Balaban J connectivity index is 2.77. The smallest absolute Gasteiger partial charge is 0.243 e. The lowest BCUT2D eigenvalue weighted by atomic mass is 10.2. The van der Waals surface area contributed by atoms with Crippen molar-refractivity contribution in [3.05, 3.63) is 34.3 Å². The van der Waals surface area contributed by atoms with Crippen LogP contribution in [0, 0.1) is 0 Å². The number of hydrogen-bond acceptors (Lipinski definition) is 2. The Labute approximate surface area is 135 Å². The lowest BCUT2D eigenvalue weighted by molar-refractivity contribution is -0.127. The van der Waals surface area contributed by atoms with E-state index in [1.54, 1.807) is 19.0 Å². The maximum atomic E-state index is 11.7. The summed E-state index contributed by atoms with van der Waals surface area (Å²) in [5.74, 6) is 0.711. The average Bonchev–Trinajstić information content (AvgIpc) is 2.45. The van der Waals surface area contributed by atoms with Crippen molar-refractivity contribution in [2.75, 3.05) is 34.2 Å². The summed E-state index contributed by atoms with van der Waals surface area (Å²) in [6, 6.07) is 8.08. The molecule has 0 unspecified atom stereocenters. The Kier molecular flexibility index (Phi) is 7.22. The van der Waals surface area contributed by atoms with Crippen LogP contribution in [0.15, 0.2) is 33.7 Å². The van der Waals surface area contributed by atoms with Crippen LogP contribution in [-0.2, 0) is 11.3 Å². The molecule has 0 bridgehead atoms. The van der Waals surface area contributed by atoms with Crippen LogP contribution >= 0.6 is 15.9 Å². The van der Waals surface area contributed by atoms with Gasteiger partial charge in [0.1, 0.15) is 6.54 Å². The van der Waals surface area contributed by atoms with Gasteiger partial charge in [0.25, 0.3) is 0 Å². The quantitative estimate of drug-likeness (QED) is 0.649. The first-order valence-electron chi connectivity index (χ1n) is 6.88. The summed E-state index contributed by atoms with van der Waals surface area (Å²) >= 11 is 3.55. The summed E-state index contributed by atoms with van der Waals surface area (Å²) in [4.78, 5) is 19.6. The van der Waals surface area contributed by atoms with Crippen LogP contribution < -0.4 is 5.32 Å². The minimum absolute atomic E-state index is 0.0142. The largest absolute Gasteiger partial charge is 0.357 e. The number of likely N-dealkylation sites (N-methyl/N-ethyl adjacent to an activating group) is 1. The number of hydrogen-bond donors (Lipinski definition) is 1. The maximum Gasteiger partial charge on any atom is 0.243 e. The first kappa shape index (κ1) is 17.5. The zero-order chi connectivity index (χ0) is 15.8. The van der Waals surface area contributed by atoms with Gasteiger partial charge in [0.2, 0.25) is 5.91 Å². The standard InChI is InChI=1S/C15H23BrN4O/c1-5-17-15(18-10-14(21)19(2)3)20(4)11-12-8-6-7-9-13(12)16/h6-9H,5,10-11H2,1-4H3,(H,17,18).